The maximum atomic E-state index is 13.3. The zero-order valence-electron chi connectivity index (χ0n) is 27.5. The highest BCUT2D eigenvalue weighted by Gasteiger charge is 2.49. The molecule has 15 heteroatoms. The topological polar surface area (TPSA) is 216 Å². The van der Waals surface area contributed by atoms with E-state index in [4.69, 9.17) is 24.0 Å². The van der Waals surface area contributed by atoms with Crippen molar-refractivity contribution in [3.63, 3.8) is 0 Å². The van der Waals surface area contributed by atoms with Crippen LogP contribution in [-0.4, -0.2) is 113 Å². The van der Waals surface area contributed by atoms with Gasteiger partial charge in [0.25, 0.3) is 0 Å². The molecule has 2 aromatic rings. The number of ether oxygens (including phenoxy) is 1. The standard InChI is InChI=1S/C34H44N4O11/c1-18-9-24(40)22-11-21-12-27(49-46-17-26(42)31(45)30(44)25(41)16-39)34(6-8-35-2,5-3-19-10-28(43)37-13-19)48-32(21)29(33(22)47-18)38-14-20-4-7-36-23(20)15-38/h4,7,9,11,14,19,25-27,30-31,35,39,41-42,44-45H,3,5-6,8,10,12-13,15-17H2,1-2H3,(H,37,43)/t19-,25-,26+,27-,30-,31-,34+/m1/s1. The Bertz CT molecular complexity index is 1710. The van der Waals surface area contributed by atoms with Gasteiger partial charge in [-0.1, -0.05) is 0 Å². The van der Waals surface area contributed by atoms with Gasteiger partial charge in [-0.15, -0.1) is 0 Å². The lowest BCUT2D eigenvalue weighted by molar-refractivity contribution is -0.362. The Labute approximate surface area is 282 Å². The van der Waals surface area contributed by atoms with Gasteiger partial charge in [0.05, 0.1) is 24.2 Å². The zero-order chi connectivity index (χ0) is 34.9. The molecular formula is C34H44N4O11. The number of aryl methyl sites for hydroxylation is 1. The molecular weight excluding hydrogens is 640 g/mol. The molecule has 4 aliphatic heterocycles. The first-order valence-electron chi connectivity index (χ1n) is 16.6. The van der Waals surface area contributed by atoms with Gasteiger partial charge in [-0.3, -0.25) is 14.6 Å². The number of nitrogens with one attached hydrogen (secondary N) is 2. The van der Waals surface area contributed by atoms with Crippen molar-refractivity contribution >= 4 is 28.3 Å². The molecule has 4 aliphatic rings. The molecule has 0 spiro atoms. The van der Waals surface area contributed by atoms with E-state index >= 15 is 0 Å². The number of allylic oxidation sites excluding steroid dienone is 1. The van der Waals surface area contributed by atoms with Crippen LogP contribution >= 0.6 is 0 Å². The Balaban J connectivity index is 1.38. The van der Waals surface area contributed by atoms with Crippen molar-refractivity contribution in [2.75, 3.05) is 44.8 Å². The van der Waals surface area contributed by atoms with Gasteiger partial charge in [0.1, 0.15) is 54.2 Å². The third kappa shape index (κ3) is 7.16. The molecule has 5 heterocycles. The molecule has 7 atom stereocenters. The van der Waals surface area contributed by atoms with Gasteiger partial charge >= 0.3 is 0 Å². The highest BCUT2D eigenvalue weighted by molar-refractivity contribution is 6.12. The summed E-state index contributed by atoms with van der Waals surface area (Å²) in [6, 6.07) is 3.18. The van der Waals surface area contributed by atoms with Gasteiger partial charge in [0, 0.05) is 55.4 Å². The number of carbonyl (C=O) groups excluding carboxylic acids is 1. The summed E-state index contributed by atoms with van der Waals surface area (Å²) in [5.41, 5.74) is 2.21. The lowest BCUT2D eigenvalue weighted by Gasteiger charge is -2.45. The SMILES string of the molecule is CNCC[C@]1(CC[C@H]2CNC(=O)C2)Oc2c(cc3c(=O)cc(C)oc3c2N2C=C3C=CN=C3C2)C[C@H]1OOC[C@H](O)[C@@H](O)[C@H](O)[C@H](O)CO. The molecule has 0 aliphatic carbocycles. The van der Waals surface area contributed by atoms with Crippen molar-refractivity contribution in [3.05, 3.63) is 57.7 Å². The van der Waals surface area contributed by atoms with Gasteiger partial charge in [0.2, 0.25) is 5.91 Å². The number of nitrogens with zero attached hydrogens (tertiary/aromatic N) is 2. The largest absolute Gasteiger partial charge is 0.482 e. The molecule has 0 radical (unpaired) electrons. The van der Waals surface area contributed by atoms with E-state index in [-0.39, 0.29) is 23.7 Å². The molecule has 1 fully saturated rings. The normalized spacial score (nSPS) is 25.4. The van der Waals surface area contributed by atoms with Crippen LogP contribution < -0.4 is 25.7 Å². The molecule has 7 N–H and O–H groups in total. The summed E-state index contributed by atoms with van der Waals surface area (Å²) >= 11 is 0. The van der Waals surface area contributed by atoms with Gasteiger partial charge in [-0.25, -0.2) is 9.78 Å². The van der Waals surface area contributed by atoms with E-state index in [0.29, 0.717) is 79.0 Å². The first kappa shape index (κ1) is 35.2. The minimum absolute atomic E-state index is 0.00916. The summed E-state index contributed by atoms with van der Waals surface area (Å²) in [6.45, 7) is 1.84. The average Bonchev–Trinajstić information content (AvgIpc) is 3.81. The highest BCUT2D eigenvalue weighted by atomic mass is 17.2. The maximum absolute atomic E-state index is 13.3. The Hall–Kier alpha value is -3.67. The third-order valence-corrected chi connectivity index (χ3v) is 9.75. The van der Waals surface area contributed by atoms with Gasteiger partial charge < -0.3 is 50.2 Å². The summed E-state index contributed by atoms with van der Waals surface area (Å²) in [5.74, 6) is 1.04. The fourth-order valence-corrected chi connectivity index (χ4v) is 6.93. The van der Waals surface area contributed by atoms with Crippen LogP contribution in [0.1, 0.15) is 37.0 Å². The molecule has 1 aromatic heterocycles. The molecule has 6 rings (SSSR count). The molecule has 49 heavy (non-hydrogen) atoms. The first-order valence-corrected chi connectivity index (χ1v) is 16.6. The minimum Gasteiger partial charge on any atom is -0.482 e. The zero-order valence-corrected chi connectivity index (χ0v) is 27.5. The lowest BCUT2D eigenvalue weighted by atomic mass is 9.79. The molecule has 15 nitrogen and oxygen atoms in total. The summed E-state index contributed by atoms with van der Waals surface area (Å²) < 4.78 is 13.3. The minimum atomic E-state index is -1.83. The van der Waals surface area contributed by atoms with Crippen LogP contribution in [0, 0.1) is 12.8 Å². The smallest absolute Gasteiger partial charge is 0.220 e. The van der Waals surface area contributed by atoms with E-state index in [2.05, 4.69) is 15.6 Å². The second-order valence-corrected chi connectivity index (χ2v) is 13.2. The van der Waals surface area contributed by atoms with Crippen LogP contribution in [0.25, 0.3) is 11.0 Å². The quantitative estimate of drug-likeness (QED) is 0.0951. The highest BCUT2D eigenvalue weighted by Crippen LogP contribution is 2.49. The number of aliphatic hydroxyl groups excluding tert-OH is 5. The second kappa shape index (κ2) is 14.7. The molecule has 266 valence electrons. The van der Waals surface area contributed by atoms with Gasteiger partial charge in [-0.05, 0) is 51.4 Å². The number of aliphatic imine (C=N–C) groups is 1. The first-order chi connectivity index (χ1) is 23.5. The van der Waals surface area contributed by atoms with Crippen LogP contribution in [0.4, 0.5) is 5.69 Å². The van der Waals surface area contributed by atoms with Crippen LogP contribution in [0.3, 0.4) is 0 Å². The third-order valence-electron chi connectivity index (χ3n) is 9.75. The van der Waals surface area contributed by atoms with Crippen LogP contribution in [0.5, 0.6) is 5.75 Å². The van der Waals surface area contributed by atoms with Gasteiger partial charge in [-0.2, -0.15) is 0 Å². The van der Waals surface area contributed by atoms with Crippen molar-refractivity contribution in [3.8, 4) is 5.75 Å². The molecule has 1 amide bonds. The monoisotopic (exact) mass is 684 g/mol. The van der Waals surface area contributed by atoms with Crippen molar-refractivity contribution in [2.45, 2.75) is 75.1 Å². The second-order valence-electron chi connectivity index (χ2n) is 13.2. The number of hydrogen-bond donors (Lipinski definition) is 7. The number of benzene rings is 1. The number of carbonyl (C=O) groups is 1. The van der Waals surface area contributed by atoms with Crippen molar-refractivity contribution in [2.24, 2.45) is 10.9 Å². The van der Waals surface area contributed by atoms with Crippen LogP contribution in [0.15, 0.2) is 50.4 Å². The molecule has 0 bridgehead atoms. The van der Waals surface area contributed by atoms with E-state index in [0.717, 1.165) is 11.3 Å². The van der Waals surface area contributed by atoms with Crippen LogP contribution in [-0.2, 0) is 21.0 Å². The Morgan fingerprint density at radius 1 is 1.14 bits per heavy atom. The Kier molecular flexibility index (Phi) is 10.5. The number of fused-ring (bicyclic) bond motifs is 3. The van der Waals surface area contributed by atoms with E-state index in [1.54, 1.807) is 19.2 Å². The van der Waals surface area contributed by atoms with E-state index in [1.165, 1.54) is 6.07 Å². The van der Waals surface area contributed by atoms with E-state index < -0.39 is 49.3 Å². The Morgan fingerprint density at radius 2 is 1.94 bits per heavy atom. The Morgan fingerprint density at radius 3 is 2.65 bits per heavy atom. The van der Waals surface area contributed by atoms with E-state index in [9.17, 15) is 30.0 Å². The van der Waals surface area contributed by atoms with E-state index in [1.807, 2.05) is 24.2 Å². The predicted molar refractivity (Wildman–Crippen MR) is 177 cm³/mol. The molecule has 1 saturated heterocycles. The van der Waals surface area contributed by atoms with Gasteiger partial charge in [0.15, 0.2) is 16.8 Å². The van der Waals surface area contributed by atoms with Crippen molar-refractivity contribution in [1.82, 2.24) is 10.6 Å². The number of anilines is 1. The molecule has 0 saturated carbocycles. The maximum Gasteiger partial charge on any atom is 0.220 e. The molecule has 1 aromatic carbocycles. The number of rotatable bonds is 15. The summed E-state index contributed by atoms with van der Waals surface area (Å²) in [4.78, 5) is 43.4. The summed E-state index contributed by atoms with van der Waals surface area (Å²) in [7, 11) is 1.82. The average molecular weight is 685 g/mol. The predicted octanol–water partition coefficient (Wildman–Crippen LogP) is -0.274. The fraction of sp³-hybridized carbons (Fsp3) is 0.559. The van der Waals surface area contributed by atoms with Crippen molar-refractivity contribution in [1.29, 1.82) is 0 Å². The number of amides is 1. The van der Waals surface area contributed by atoms with Crippen LogP contribution in [0.2, 0.25) is 0 Å². The summed E-state index contributed by atoms with van der Waals surface area (Å²) in [6.07, 6.45) is -0.0166. The van der Waals surface area contributed by atoms with Crippen molar-refractivity contribution < 1.29 is 49.3 Å². The molecule has 0 unspecified atom stereocenters. The summed E-state index contributed by atoms with van der Waals surface area (Å²) in [5, 5.41) is 56.1. The number of hydrogen-bond acceptors (Lipinski definition) is 14. The fourth-order valence-electron chi connectivity index (χ4n) is 6.93. The number of aliphatic hydroxyl groups is 5. The lowest BCUT2D eigenvalue weighted by Crippen LogP contribution is -2.55.